The molecule has 0 spiro atoms. The van der Waals surface area contributed by atoms with E-state index in [1.54, 1.807) is 24.3 Å². The molecule has 7 heteroatoms. The average Bonchev–Trinajstić information content (AvgIpc) is 2.63. The molecule has 0 aromatic heterocycles. The fraction of sp³-hybridized carbons (Fsp3) is 0.316. The predicted molar refractivity (Wildman–Crippen MR) is 103 cm³/mol. The maximum Gasteiger partial charge on any atom is 0.224 e. The molecule has 138 valence electrons. The quantitative estimate of drug-likeness (QED) is 0.820. The molecule has 1 aliphatic heterocycles. The van der Waals surface area contributed by atoms with E-state index >= 15 is 0 Å². The van der Waals surface area contributed by atoms with Crippen LogP contribution in [0.3, 0.4) is 0 Å². The molecule has 1 amide bonds. The molecule has 26 heavy (non-hydrogen) atoms. The molecule has 1 N–H and O–H groups in total. The van der Waals surface area contributed by atoms with Gasteiger partial charge in [-0.3, -0.25) is 4.79 Å². The zero-order valence-electron chi connectivity index (χ0n) is 14.3. The van der Waals surface area contributed by atoms with Crippen LogP contribution in [0, 0.1) is 0 Å². The molecule has 0 fully saturated rings. The van der Waals surface area contributed by atoms with E-state index in [1.165, 1.54) is 9.87 Å². The second-order valence-electron chi connectivity index (χ2n) is 6.32. The van der Waals surface area contributed by atoms with Crippen molar-refractivity contribution in [2.75, 3.05) is 18.8 Å². The zero-order valence-corrected chi connectivity index (χ0v) is 15.9. The van der Waals surface area contributed by atoms with Gasteiger partial charge in [0.2, 0.25) is 15.9 Å². The normalized spacial score (nSPS) is 14.7. The Morgan fingerprint density at radius 3 is 2.50 bits per heavy atom. The minimum Gasteiger partial charge on any atom is -0.355 e. The Kier molecular flexibility index (Phi) is 5.96. The second kappa shape index (κ2) is 8.20. The lowest BCUT2D eigenvalue weighted by molar-refractivity contribution is -0.120. The summed E-state index contributed by atoms with van der Waals surface area (Å²) in [5.74, 6) is -0.298. The fourth-order valence-electron chi connectivity index (χ4n) is 3.01. The Labute approximate surface area is 159 Å². The van der Waals surface area contributed by atoms with Crippen LogP contribution in [-0.4, -0.2) is 37.5 Å². The summed E-state index contributed by atoms with van der Waals surface area (Å²) >= 11 is 5.82. The highest BCUT2D eigenvalue weighted by molar-refractivity contribution is 7.89. The summed E-state index contributed by atoms with van der Waals surface area (Å²) < 4.78 is 26.6. The number of amides is 1. The van der Waals surface area contributed by atoms with Gasteiger partial charge in [0.25, 0.3) is 0 Å². The first kappa shape index (κ1) is 18.9. The minimum absolute atomic E-state index is 0.0957. The molecule has 3 rings (SSSR count). The van der Waals surface area contributed by atoms with Crippen molar-refractivity contribution < 1.29 is 13.2 Å². The van der Waals surface area contributed by atoms with Gasteiger partial charge in [-0.2, -0.15) is 4.31 Å². The molecule has 0 unspecified atom stereocenters. The molecule has 0 atom stereocenters. The first-order valence-corrected chi connectivity index (χ1v) is 10.5. The Hall–Kier alpha value is -1.89. The summed E-state index contributed by atoms with van der Waals surface area (Å²) in [5, 5.41) is 3.30. The summed E-state index contributed by atoms with van der Waals surface area (Å²) in [6.45, 7) is 0.988. The van der Waals surface area contributed by atoms with Crippen molar-refractivity contribution in [3.05, 3.63) is 70.2 Å². The summed E-state index contributed by atoms with van der Waals surface area (Å²) in [4.78, 5) is 12.0. The number of nitrogens with one attached hydrogen (secondary N) is 1. The first-order chi connectivity index (χ1) is 12.4. The number of carbonyl (C=O) groups excluding carboxylic acids is 1. The van der Waals surface area contributed by atoms with Crippen LogP contribution in [0.15, 0.2) is 48.5 Å². The SMILES string of the molecule is O=C(Cc1ccc(Cl)cc1)NCCS(=O)(=O)N1CCc2ccccc2C1. The number of halogens is 1. The van der Waals surface area contributed by atoms with Gasteiger partial charge in [0.15, 0.2) is 0 Å². The third-order valence-corrected chi connectivity index (χ3v) is 6.52. The van der Waals surface area contributed by atoms with Crippen LogP contribution >= 0.6 is 11.6 Å². The maximum absolute atomic E-state index is 12.5. The monoisotopic (exact) mass is 392 g/mol. The molecule has 1 heterocycles. The van der Waals surface area contributed by atoms with Crippen molar-refractivity contribution in [1.29, 1.82) is 0 Å². The Morgan fingerprint density at radius 2 is 1.77 bits per heavy atom. The van der Waals surface area contributed by atoms with Crippen LogP contribution in [-0.2, 0) is 34.2 Å². The van der Waals surface area contributed by atoms with Gasteiger partial charge in [-0.05, 0) is 35.2 Å². The van der Waals surface area contributed by atoms with E-state index < -0.39 is 10.0 Å². The second-order valence-corrected chi connectivity index (χ2v) is 8.85. The third kappa shape index (κ3) is 4.84. The number of hydrogen-bond donors (Lipinski definition) is 1. The van der Waals surface area contributed by atoms with Gasteiger partial charge < -0.3 is 5.32 Å². The zero-order chi connectivity index (χ0) is 18.6. The van der Waals surface area contributed by atoms with Crippen LogP contribution in [0.25, 0.3) is 0 Å². The maximum atomic E-state index is 12.5. The fourth-order valence-corrected chi connectivity index (χ4v) is 4.46. The van der Waals surface area contributed by atoms with Crippen LogP contribution in [0.5, 0.6) is 0 Å². The van der Waals surface area contributed by atoms with Crippen molar-refractivity contribution >= 4 is 27.5 Å². The number of sulfonamides is 1. The topological polar surface area (TPSA) is 66.5 Å². The number of fused-ring (bicyclic) bond motifs is 1. The predicted octanol–water partition coefficient (Wildman–Crippen LogP) is 2.39. The van der Waals surface area contributed by atoms with Crippen molar-refractivity contribution in [3.63, 3.8) is 0 Å². The van der Waals surface area contributed by atoms with Crippen molar-refractivity contribution in [3.8, 4) is 0 Å². The highest BCUT2D eigenvalue weighted by Crippen LogP contribution is 2.20. The van der Waals surface area contributed by atoms with Gasteiger partial charge >= 0.3 is 0 Å². The molecule has 1 aliphatic rings. The molecular formula is C19H21ClN2O3S. The van der Waals surface area contributed by atoms with Gasteiger partial charge in [-0.1, -0.05) is 48.0 Å². The van der Waals surface area contributed by atoms with Gasteiger partial charge in [-0.15, -0.1) is 0 Å². The molecule has 5 nitrogen and oxygen atoms in total. The van der Waals surface area contributed by atoms with Crippen molar-refractivity contribution in [2.24, 2.45) is 0 Å². The lowest BCUT2D eigenvalue weighted by atomic mass is 10.0. The summed E-state index contributed by atoms with van der Waals surface area (Å²) in [5.41, 5.74) is 3.09. The van der Waals surface area contributed by atoms with Crippen LogP contribution in [0.1, 0.15) is 16.7 Å². The molecule has 2 aromatic carbocycles. The summed E-state index contributed by atoms with van der Waals surface area (Å²) in [6.07, 6.45) is 0.923. The van der Waals surface area contributed by atoms with E-state index in [-0.39, 0.29) is 24.6 Å². The third-order valence-electron chi connectivity index (χ3n) is 4.45. The van der Waals surface area contributed by atoms with Gasteiger partial charge in [-0.25, -0.2) is 8.42 Å². The van der Waals surface area contributed by atoms with Crippen molar-refractivity contribution in [2.45, 2.75) is 19.4 Å². The molecule has 2 aromatic rings. The highest BCUT2D eigenvalue weighted by atomic mass is 35.5. The molecule has 0 aliphatic carbocycles. The van der Waals surface area contributed by atoms with E-state index in [2.05, 4.69) is 5.32 Å². The number of carbonyl (C=O) groups is 1. The van der Waals surface area contributed by atoms with Crippen LogP contribution in [0.4, 0.5) is 0 Å². The Balaban J connectivity index is 1.49. The van der Waals surface area contributed by atoms with Gasteiger partial charge in [0.05, 0.1) is 12.2 Å². The van der Waals surface area contributed by atoms with E-state index in [4.69, 9.17) is 11.6 Å². The average molecular weight is 393 g/mol. The largest absolute Gasteiger partial charge is 0.355 e. The van der Waals surface area contributed by atoms with E-state index in [0.29, 0.717) is 18.1 Å². The van der Waals surface area contributed by atoms with Crippen LogP contribution < -0.4 is 5.32 Å². The van der Waals surface area contributed by atoms with Gasteiger partial charge in [0, 0.05) is 24.7 Å². The number of benzene rings is 2. The van der Waals surface area contributed by atoms with E-state index in [0.717, 1.165) is 17.5 Å². The number of nitrogens with zero attached hydrogens (tertiary/aromatic N) is 1. The van der Waals surface area contributed by atoms with Gasteiger partial charge in [0.1, 0.15) is 0 Å². The molecule has 0 saturated heterocycles. The smallest absolute Gasteiger partial charge is 0.224 e. The lowest BCUT2D eigenvalue weighted by Crippen LogP contribution is -2.40. The summed E-state index contributed by atoms with van der Waals surface area (Å²) in [7, 11) is -3.40. The number of hydrogen-bond acceptors (Lipinski definition) is 3. The van der Waals surface area contributed by atoms with Crippen LogP contribution in [0.2, 0.25) is 5.02 Å². The first-order valence-electron chi connectivity index (χ1n) is 8.50. The Morgan fingerprint density at radius 1 is 1.08 bits per heavy atom. The van der Waals surface area contributed by atoms with E-state index in [9.17, 15) is 13.2 Å². The number of rotatable bonds is 6. The van der Waals surface area contributed by atoms with Crippen molar-refractivity contribution in [1.82, 2.24) is 9.62 Å². The standard InChI is InChI=1S/C19H21ClN2O3S/c20-18-7-5-15(6-8-18)13-19(23)21-10-12-26(24,25)22-11-9-16-3-1-2-4-17(16)14-22/h1-8H,9-14H2,(H,21,23). The Bertz CT molecular complexity index is 882. The summed E-state index contributed by atoms with van der Waals surface area (Å²) in [6, 6.07) is 14.9. The minimum atomic E-state index is -3.40. The molecular weight excluding hydrogens is 372 g/mol. The van der Waals surface area contributed by atoms with E-state index in [1.807, 2.05) is 24.3 Å². The molecule has 0 bridgehead atoms. The molecule has 0 saturated carbocycles. The highest BCUT2D eigenvalue weighted by Gasteiger charge is 2.26. The lowest BCUT2D eigenvalue weighted by Gasteiger charge is -2.28. The molecule has 0 radical (unpaired) electrons.